The number of ether oxygens (including phenoxy) is 2. The summed E-state index contributed by atoms with van der Waals surface area (Å²) in [7, 11) is 1.58. The molecule has 0 saturated carbocycles. The van der Waals surface area contributed by atoms with Crippen LogP contribution in [0.4, 0.5) is 0 Å². The van der Waals surface area contributed by atoms with Crippen molar-refractivity contribution in [1.82, 2.24) is 0 Å². The lowest BCUT2D eigenvalue weighted by Gasteiger charge is -2.11. The average Bonchev–Trinajstić information content (AvgIpc) is 2.67. The van der Waals surface area contributed by atoms with E-state index in [2.05, 4.69) is 0 Å². The second-order valence-corrected chi connectivity index (χ2v) is 5.90. The summed E-state index contributed by atoms with van der Waals surface area (Å²) in [5.74, 6) is 0.219. The summed E-state index contributed by atoms with van der Waals surface area (Å²) >= 11 is 0. The predicted molar refractivity (Wildman–Crippen MR) is 101 cm³/mol. The molecule has 132 valence electrons. The van der Waals surface area contributed by atoms with Gasteiger partial charge in [0.15, 0.2) is 5.78 Å². The molecule has 0 fully saturated rings. The highest BCUT2D eigenvalue weighted by atomic mass is 16.5. The van der Waals surface area contributed by atoms with Gasteiger partial charge in [0.25, 0.3) is 0 Å². The average molecular weight is 348 g/mol. The Bertz CT molecular complexity index is 942. The van der Waals surface area contributed by atoms with Crippen LogP contribution < -0.4 is 4.74 Å². The molecule has 0 saturated heterocycles. The summed E-state index contributed by atoms with van der Waals surface area (Å²) in [5.41, 5.74) is 1.73. The number of hydrogen-bond donors (Lipinski definition) is 0. The van der Waals surface area contributed by atoms with Crippen LogP contribution in [0.1, 0.15) is 28.4 Å². The number of carbonyl (C=O) groups excluding carboxylic acids is 2. The molecule has 0 unspecified atom stereocenters. The number of hydrogen-bond acceptors (Lipinski definition) is 4. The molecule has 0 heterocycles. The highest BCUT2D eigenvalue weighted by molar-refractivity contribution is 6.12. The van der Waals surface area contributed by atoms with Gasteiger partial charge >= 0.3 is 5.97 Å². The molecule has 4 heteroatoms. The minimum Gasteiger partial charge on any atom is -0.497 e. The first-order valence-corrected chi connectivity index (χ1v) is 8.48. The summed E-state index contributed by atoms with van der Waals surface area (Å²) < 4.78 is 10.2. The van der Waals surface area contributed by atoms with Crippen molar-refractivity contribution in [2.75, 3.05) is 13.7 Å². The first-order chi connectivity index (χ1) is 12.6. The summed E-state index contributed by atoms with van der Waals surface area (Å²) in [5, 5.41) is 1.94. The van der Waals surface area contributed by atoms with Gasteiger partial charge in [-0.15, -0.1) is 0 Å². The fourth-order valence-corrected chi connectivity index (χ4v) is 2.91. The van der Waals surface area contributed by atoms with Gasteiger partial charge in [-0.05, 0) is 59.7 Å². The van der Waals surface area contributed by atoms with Crippen LogP contribution >= 0.6 is 0 Å². The smallest absolute Gasteiger partial charge is 0.310 e. The molecule has 0 aliphatic heterocycles. The van der Waals surface area contributed by atoms with Crippen molar-refractivity contribution < 1.29 is 19.1 Å². The number of carbonyl (C=O) groups is 2. The number of esters is 1. The molecule has 0 radical (unpaired) electrons. The summed E-state index contributed by atoms with van der Waals surface area (Å²) in [6.45, 7) is 2.08. The Morgan fingerprint density at radius 1 is 0.923 bits per heavy atom. The maximum Gasteiger partial charge on any atom is 0.310 e. The summed E-state index contributed by atoms with van der Waals surface area (Å²) in [6, 6.07) is 18.5. The third kappa shape index (κ3) is 3.75. The van der Waals surface area contributed by atoms with E-state index in [0.29, 0.717) is 29.0 Å². The van der Waals surface area contributed by atoms with Crippen LogP contribution in [-0.4, -0.2) is 25.5 Å². The van der Waals surface area contributed by atoms with Gasteiger partial charge in [-0.3, -0.25) is 9.59 Å². The lowest BCUT2D eigenvalue weighted by Crippen LogP contribution is -2.12. The van der Waals surface area contributed by atoms with Gasteiger partial charge in [-0.25, -0.2) is 0 Å². The van der Waals surface area contributed by atoms with E-state index in [9.17, 15) is 9.59 Å². The Morgan fingerprint density at radius 3 is 2.19 bits per heavy atom. The topological polar surface area (TPSA) is 52.6 Å². The van der Waals surface area contributed by atoms with Gasteiger partial charge in [0, 0.05) is 11.1 Å². The third-order valence-corrected chi connectivity index (χ3v) is 4.21. The van der Waals surface area contributed by atoms with Gasteiger partial charge in [0.2, 0.25) is 0 Å². The lowest BCUT2D eigenvalue weighted by molar-refractivity contribution is -0.142. The monoisotopic (exact) mass is 348 g/mol. The second kappa shape index (κ2) is 7.83. The molecule has 0 aromatic heterocycles. The Kier molecular flexibility index (Phi) is 5.32. The predicted octanol–water partition coefficient (Wildman–Crippen LogP) is 4.19. The van der Waals surface area contributed by atoms with Crippen LogP contribution in [0.15, 0.2) is 60.7 Å². The fraction of sp³-hybridized carbons (Fsp3) is 0.182. The minimum absolute atomic E-state index is 0.0654. The van der Waals surface area contributed by atoms with Crippen molar-refractivity contribution in [1.29, 1.82) is 0 Å². The fourth-order valence-electron chi connectivity index (χ4n) is 2.91. The van der Waals surface area contributed by atoms with Crippen LogP contribution in [0.25, 0.3) is 10.8 Å². The van der Waals surface area contributed by atoms with Crippen LogP contribution in [0, 0.1) is 0 Å². The molecule has 0 aliphatic rings. The first kappa shape index (κ1) is 17.7. The summed E-state index contributed by atoms with van der Waals surface area (Å²) in [6.07, 6.45) is 0.0654. The van der Waals surface area contributed by atoms with Crippen LogP contribution in [0.3, 0.4) is 0 Å². The van der Waals surface area contributed by atoms with E-state index >= 15 is 0 Å². The Morgan fingerprint density at radius 2 is 1.58 bits per heavy atom. The van der Waals surface area contributed by atoms with Gasteiger partial charge in [0.1, 0.15) is 5.75 Å². The number of fused-ring (bicyclic) bond motifs is 1. The van der Waals surface area contributed by atoms with E-state index in [0.717, 1.165) is 10.8 Å². The molecular weight excluding hydrogens is 328 g/mol. The zero-order valence-corrected chi connectivity index (χ0v) is 14.8. The minimum atomic E-state index is -0.341. The Labute approximate surface area is 152 Å². The van der Waals surface area contributed by atoms with E-state index in [1.807, 2.05) is 36.4 Å². The van der Waals surface area contributed by atoms with Gasteiger partial charge in [0.05, 0.1) is 20.1 Å². The molecule has 26 heavy (non-hydrogen) atoms. The van der Waals surface area contributed by atoms with Crippen molar-refractivity contribution in [3.8, 4) is 5.75 Å². The SMILES string of the molecule is CCOC(=O)Cc1cc2ccccc2cc1C(=O)c1ccc(OC)cc1. The molecule has 0 amide bonds. The van der Waals surface area contributed by atoms with Gasteiger partial charge < -0.3 is 9.47 Å². The summed E-state index contributed by atoms with van der Waals surface area (Å²) in [4.78, 5) is 25.1. The molecule has 0 N–H and O–H groups in total. The van der Waals surface area contributed by atoms with Gasteiger partial charge in [-0.2, -0.15) is 0 Å². The molecule has 3 rings (SSSR count). The zero-order chi connectivity index (χ0) is 18.5. The molecule has 3 aromatic rings. The molecule has 0 bridgehead atoms. The molecule has 3 aromatic carbocycles. The largest absolute Gasteiger partial charge is 0.497 e. The van der Waals surface area contributed by atoms with Crippen molar-refractivity contribution in [2.45, 2.75) is 13.3 Å². The van der Waals surface area contributed by atoms with E-state index in [1.54, 1.807) is 38.3 Å². The Hall–Kier alpha value is -3.14. The van der Waals surface area contributed by atoms with Crippen molar-refractivity contribution >= 4 is 22.5 Å². The van der Waals surface area contributed by atoms with E-state index < -0.39 is 0 Å². The van der Waals surface area contributed by atoms with E-state index in [-0.39, 0.29) is 18.2 Å². The van der Waals surface area contributed by atoms with Crippen molar-refractivity contribution in [2.24, 2.45) is 0 Å². The molecular formula is C22H20O4. The van der Waals surface area contributed by atoms with Crippen molar-refractivity contribution in [3.05, 3.63) is 77.4 Å². The highest BCUT2D eigenvalue weighted by Gasteiger charge is 2.17. The van der Waals surface area contributed by atoms with Crippen LogP contribution in [0.2, 0.25) is 0 Å². The quantitative estimate of drug-likeness (QED) is 0.495. The number of benzene rings is 3. The van der Waals surface area contributed by atoms with Crippen LogP contribution in [0.5, 0.6) is 5.75 Å². The zero-order valence-electron chi connectivity index (χ0n) is 14.8. The molecule has 0 atom stereocenters. The first-order valence-electron chi connectivity index (χ1n) is 8.48. The molecule has 0 spiro atoms. The lowest BCUT2D eigenvalue weighted by atomic mass is 9.93. The number of ketones is 1. The standard InChI is InChI=1S/C22H20O4/c1-3-26-21(23)14-18-12-16-6-4-5-7-17(16)13-20(18)22(24)15-8-10-19(25-2)11-9-15/h4-13H,3,14H2,1-2H3. The van der Waals surface area contributed by atoms with Gasteiger partial charge in [-0.1, -0.05) is 24.3 Å². The highest BCUT2D eigenvalue weighted by Crippen LogP contribution is 2.24. The maximum absolute atomic E-state index is 13.1. The molecule has 0 aliphatic carbocycles. The Balaban J connectivity index is 2.05. The normalized spacial score (nSPS) is 10.5. The third-order valence-electron chi connectivity index (χ3n) is 4.21. The van der Waals surface area contributed by atoms with Crippen LogP contribution in [-0.2, 0) is 16.0 Å². The number of methoxy groups -OCH3 is 1. The van der Waals surface area contributed by atoms with E-state index in [4.69, 9.17) is 9.47 Å². The second-order valence-electron chi connectivity index (χ2n) is 5.90. The van der Waals surface area contributed by atoms with Crippen molar-refractivity contribution in [3.63, 3.8) is 0 Å². The maximum atomic E-state index is 13.1. The van der Waals surface area contributed by atoms with E-state index in [1.165, 1.54) is 0 Å². The number of rotatable bonds is 6. The molecule has 4 nitrogen and oxygen atoms in total.